The van der Waals surface area contributed by atoms with E-state index in [1.54, 1.807) is 41.5 Å². The Balaban J connectivity index is 1.60. The van der Waals surface area contributed by atoms with Gasteiger partial charge in [-0.1, -0.05) is 61.4 Å². The molecular weight excluding hydrogens is 552 g/mol. The first-order valence-corrected chi connectivity index (χ1v) is 14.6. The van der Waals surface area contributed by atoms with Crippen LogP contribution in [0.25, 0.3) is 11.1 Å². The van der Waals surface area contributed by atoms with E-state index in [4.69, 9.17) is 18.9 Å². The topological polar surface area (TPSA) is 129 Å². The SMILES string of the molecule is COC(=O)[C@H](CCCC[C@H](NC(=O)OCC1c2ccccc2-c2ccccc21)C(=O)OC(C)(C)C)NC(=O)OC(C)(C)C. The highest BCUT2D eigenvalue weighted by Gasteiger charge is 2.31. The second kappa shape index (κ2) is 14.4. The van der Waals surface area contributed by atoms with E-state index >= 15 is 0 Å². The van der Waals surface area contributed by atoms with Gasteiger partial charge in [0.2, 0.25) is 0 Å². The number of fused-ring (bicyclic) bond motifs is 3. The third kappa shape index (κ3) is 10.0. The molecule has 0 bridgehead atoms. The number of carbonyl (C=O) groups excluding carboxylic acids is 4. The molecule has 2 amide bonds. The maximum atomic E-state index is 13.0. The molecule has 10 heteroatoms. The zero-order valence-electron chi connectivity index (χ0n) is 26.2. The number of rotatable bonds is 11. The van der Waals surface area contributed by atoms with Gasteiger partial charge in [0.1, 0.15) is 29.9 Å². The van der Waals surface area contributed by atoms with Gasteiger partial charge >= 0.3 is 24.1 Å². The van der Waals surface area contributed by atoms with E-state index in [2.05, 4.69) is 22.8 Å². The van der Waals surface area contributed by atoms with Crippen molar-refractivity contribution in [3.63, 3.8) is 0 Å². The lowest BCUT2D eigenvalue weighted by Gasteiger charge is -2.25. The Bertz CT molecular complexity index is 1250. The van der Waals surface area contributed by atoms with Crippen LogP contribution in [0.3, 0.4) is 0 Å². The van der Waals surface area contributed by atoms with Gasteiger partial charge in [0.05, 0.1) is 7.11 Å². The second-order valence-corrected chi connectivity index (χ2v) is 12.6. The van der Waals surface area contributed by atoms with Crippen LogP contribution >= 0.6 is 0 Å². The predicted molar refractivity (Wildman–Crippen MR) is 161 cm³/mol. The average Bonchev–Trinajstić information content (AvgIpc) is 3.24. The molecule has 0 radical (unpaired) electrons. The smallest absolute Gasteiger partial charge is 0.408 e. The largest absolute Gasteiger partial charge is 0.467 e. The van der Waals surface area contributed by atoms with Crippen molar-refractivity contribution in [1.82, 2.24) is 10.6 Å². The standard InChI is InChI=1S/C33H44N2O8/c1-32(2,3)42-29(37)27(19-13-12-18-26(28(36)40-7)35-31(39)43-33(4,5)6)34-30(38)41-20-25-23-16-10-8-14-21(23)22-15-9-11-17-24(22)25/h8-11,14-17,25-27H,12-13,18-20H2,1-7H3,(H,34,38)(H,35,39)/t26-,27-/m0/s1. The van der Waals surface area contributed by atoms with E-state index in [9.17, 15) is 19.2 Å². The summed E-state index contributed by atoms with van der Waals surface area (Å²) in [4.78, 5) is 50.4. The van der Waals surface area contributed by atoms with E-state index in [0.717, 1.165) is 22.3 Å². The lowest BCUT2D eigenvalue weighted by molar-refractivity contribution is -0.157. The number of hydrogen-bond donors (Lipinski definition) is 2. The summed E-state index contributed by atoms with van der Waals surface area (Å²) in [7, 11) is 1.24. The van der Waals surface area contributed by atoms with E-state index in [1.807, 2.05) is 36.4 Å². The highest BCUT2D eigenvalue weighted by Crippen LogP contribution is 2.44. The first kappa shape index (κ1) is 33.4. The van der Waals surface area contributed by atoms with Crippen molar-refractivity contribution in [2.75, 3.05) is 13.7 Å². The van der Waals surface area contributed by atoms with E-state index < -0.39 is 47.4 Å². The molecule has 0 saturated carbocycles. The summed E-state index contributed by atoms with van der Waals surface area (Å²) in [5.41, 5.74) is 2.91. The van der Waals surface area contributed by atoms with Gasteiger partial charge in [-0.3, -0.25) is 0 Å². The van der Waals surface area contributed by atoms with Gasteiger partial charge in [0, 0.05) is 5.92 Å². The third-order valence-electron chi connectivity index (χ3n) is 6.74. The number of amides is 2. The molecule has 0 fully saturated rings. The highest BCUT2D eigenvalue weighted by atomic mass is 16.6. The molecule has 0 spiro atoms. The summed E-state index contributed by atoms with van der Waals surface area (Å²) in [6.07, 6.45) is -0.0847. The van der Waals surface area contributed by atoms with E-state index in [-0.39, 0.29) is 25.4 Å². The Labute approximate surface area is 253 Å². The average molecular weight is 597 g/mol. The fourth-order valence-electron chi connectivity index (χ4n) is 4.94. The number of benzene rings is 2. The van der Waals surface area contributed by atoms with Crippen molar-refractivity contribution in [2.45, 2.75) is 96.4 Å². The van der Waals surface area contributed by atoms with E-state index in [0.29, 0.717) is 12.8 Å². The monoisotopic (exact) mass is 596 g/mol. The zero-order valence-corrected chi connectivity index (χ0v) is 26.2. The number of methoxy groups -OCH3 is 1. The third-order valence-corrected chi connectivity index (χ3v) is 6.74. The van der Waals surface area contributed by atoms with E-state index in [1.165, 1.54) is 7.11 Å². The van der Waals surface area contributed by atoms with Crippen LogP contribution in [-0.4, -0.2) is 61.1 Å². The normalized spacial score (nSPS) is 14.0. The minimum absolute atomic E-state index is 0.109. The van der Waals surface area contributed by atoms with Gasteiger partial charge < -0.3 is 29.6 Å². The lowest BCUT2D eigenvalue weighted by Crippen LogP contribution is -2.45. The Hall–Kier alpha value is -4.08. The summed E-state index contributed by atoms with van der Waals surface area (Å²) in [6, 6.07) is 14.2. The fraction of sp³-hybridized carbons (Fsp3) is 0.515. The minimum Gasteiger partial charge on any atom is -0.467 e. The lowest BCUT2D eigenvalue weighted by atomic mass is 9.98. The summed E-state index contributed by atoms with van der Waals surface area (Å²) < 4.78 is 21.3. The van der Waals surface area contributed by atoms with Crippen LogP contribution in [0.1, 0.15) is 84.3 Å². The number of unbranched alkanes of at least 4 members (excludes halogenated alkanes) is 1. The molecule has 2 atom stereocenters. The molecular formula is C33H44N2O8. The number of alkyl carbamates (subject to hydrolysis) is 2. The van der Waals surface area contributed by atoms with Crippen LogP contribution in [0.4, 0.5) is 9.59 Å². The molecule has 234 valence electrons. The van der Waals surface area contributed by atoms with Crippen LogP contribution in [0.2, 0.25) is 0 Å². The second-order valence-electron chi connectivity index (χ2n) is 12.6. The van der Waals surface area contributed by atoms with Crippen LogP contribution in [0.15, 0.2) is 48.5 Å². The fourth-order valence-corrected chi connectivity index (χ4v) is 4.94. The number of nitrogens with one attached hydrogen (secondary N) is 2. The molecule has 3 rings (SSSR count). The van der Waals surface area contributed by atoms with Crippen molar-refractivity contribution in [3.05, 3.63) is 59.7 Å². The molecule has 43 heavy (non-hydrogen) atoms. The molecule has 10 nitrogen and oxygen atoms in total. The van der Waals surface area contributed by atoms with Gasteiger partial charge in [0.25, 0.3) is 0 Å². The molecule has 0 unspecified atom stereocenters. The van der Waals surface area contributed by atoms with Crippen molar-refractivity contribution >= 4 is 24.1 Å². The molecule has 2 aromatic carbocycles. The maximum Gasteiger partial charge on any atom is 0.408 e. The predicted octanol–water partition coefficient (Wildman–Crippen LogP) is 5.86. The van der Waals surface area contributed by atoms with Gasteiger partial charge in [-0.15, -0.1) is 0 Å². The van der Waals surface area contributed by atoms with Crippen LogP contribution in [-0.2, 0) is 28.5 Å². The Kier molecular flexibility index (Phi) is 11.2. The molecule has 1 aliphatic rings. The molecule has 0 aliphatic heterocycles. The zero-order chi connectivity index (χ0) is 31.8. The number of esters is 2. The van der Waals surface area contributed by atoms with Crippen molar-refractivity contribution in [3.8, 4) is 11.1 Å². The van der Waals surface area contributed by atoms with Gasteiger partial charge in [0.15, 0.2) is 0 Å². The highest BCUT2D eigenvalue weighted by molar-refractivity contribution is 5.83. The maximum absolute atomic E-state index is 13.0. The molecule has 0 saturated heterocycles. The minimum atomic E-state index is -0.967. The Morgan fingerprint density at radius 2 is 1.16 bits per heavy atom. The summed E-state index contributed by atoms with van der Waals surface area (Å²) >= 11 is 0. The van der Waals surface area contributed by atoms with Gasteiger partial charge in [-0.2, -0.15) is 0 Å². The Morgan fingerprint density at radius 3 is 1.65 bits per heavy atom. The first-order chi connectivity index (χ1) is 20.2. The number of carbonyl (C=O) groups is 4. The van der Waals surface area contributed by atoms with Crippen molar-refractivity contribution < 1.29 is 38.1 Å². The van der Waals surface area contributed by atoms with Gasteiger partial charge in [-0.25, -0.2) is 19.2 Å². The van der Waals surface area contributed by atoms with Crippen LogP contribution in [0, 0.1) is 0 Å². The first-order valence-electron chi connectivity index (χ1n) is 14.6. The van der Waals surface area contributed by atoms with Crippen LogP contribution < -0.4 is 10.6 Å². The van der Waals surface area contributed by atoms with Crippen molar-refractivity contribution in [1.29, 1.82) is 0 Å². The molecule has 2 aromatic rings. The molecule has 0 heterocycles. The molecule has 0 aromatic heterocycles. The summed E-state index contributed by atoms with van der Waals surface area (Å²) in [5, 5.41) is 5.21. The molecule has 2 N–H and O–H groups in total. The van der Waals surface area contributed by atoms with Crippen molar-refractivity contribution in [2.24, 2.45) is 0 Å². The van der Waals surface area contributed by atoms with Crippen LogP contribution in [0.5, 0.6) is 0 Å². The van der Waals surface area contributed by atoms with Gasteiger partial charge in [-0.05, 0) is 76.6 Å². The number of hydrogen-bond acceptors (Lipinski definition) is 8. The number of ether oxygens (including phenoxy) is 4. The summed E-state index contributed by atoms with van der Waals surface area (Å²) in [6.45, 7) is 10.5. The molecule has 1 aliphatic carbocycles. The Morgan fingerprint density at radius 1 is 0.698 bits per heavy atom. The summed E-state index contributed by atoms with van der Waals surface area (Å²) in [5.74, 6) is -1.31. The quantitative estimate of drug-likeness (QED) is 0.187.